The molecule has 0 fully saturated rings. The second-order valence-electron chi connectivity index (χ2n) is 3.59. The molecule has 3 heteroatoms. The Bertz CT molecular complexity index is 533. The fraction of sp³-hybridized carbons (Fsp3) is 0.0769. The van der Waals surface area contributed by atoms with Gasteiger partial charge in [0.05, 0.1) is 0 Å². The maximum Gasteiger partial charge on any atom is 0.0485 e. The quantitative estimate of drug-likeness (QED) is 0.631. The molecule has 0 atom stereocenters. The Morgan fingerprint density at radius 1 is 0.812 bits per heavy atom. The smallest absolute Gasteiger partial charge is 0.0485 e. The third-order valence-electron chi connectivity index (χ3n) is 2.40. The molecule has 2 aromatic carbocycles. The van der Waals surface area contributed by atoms with Gasteiger partial charge >= 0.3 is 0 Å². The highest BCUT2D eigenvalue weighted by Crippen LogP contribution is 2.32. The molecule has 0 heterocycles. The third-order valence-corrected chi connectivity index (χ3v) is 3.39. The van der Waals surface area contributed by atoms with Gasteiger partial charge in [0.2, 0.25) is 0 Å². The minimum absolute atomic E-state index is 0.673. The Morgan fingerprint density at radius 2 is 1.50 bits per heavy atom. The summed E-state index contributed by atoms with van der Waals surface area (Å²) < 4.78 is 0. The molecule has 0 amide bonds. The normalized spacial score (nSPS) is 10.5. The van der Waals surface area contributed by atoms with Crippen molar-refractivity contribution in [1.82, 2.24) is 0 Å². The largest absolute Gasteiger partial charge is 0.0843 e. The lowest BCUT2D eigenvalue weighted by Gasteiger charge is -2.07. The van der Waals surface area contributed by atoms with E-state index < -0.39 is 0 Å². The summed E-state index contributed by atoms with van der Waals surface area (Å²) in [5.74, 6) is 0. The van der Waals surface area contributed by atoms with Crippen molar-refractivity contribution in [2.24, 2.45) is 0 Å². The van der Waals surface area contributed by atoms with E-state index in [0.717, 1.165) is 21.7 Å². The van der Waals surface area contributed by atoms with Gasteiger partial charge in [0.15, 0.2) is 0 Å². The van der Waals surface area contributed by atoms with Crippen LogP contribution in [0.25, 0.3) is 11.1 Å². The van der Waals surface area contributed by atoms with E-state index in [9.17, 15) is 0 Å². The maximum atomic E-state index is 6.13. The van der Waals surface area contributed by atoms with Crippen LogP contribution in [0.4, 0.5) is 0 Å². The fourth-order valence-electron chi connectivity index (χ4n) is 1.53. The van der Waals surface area contributed by atoms with Crippen molar-refractivity contribution in [3.63, 3.8) is 0 Å². The lowest BCUT2D eigenvalue weighted by molar-refractivity contribution is 1.46. The third kappa shape index (κ3) is 2.35. The van der Waals surface area contributed by atoms with Crippen molar-refractivity contribution in [3.8, 4) is 11.1 Å². The molecule has 0 N–H and O–H groups in total. The van der Waals surface area contributed by atoms with Crippen molar-refractivity contribution in [1.29, 1.82) is 0 Å². The molecule has 0 saturated heterocycles. The second kappa shape index (κ2) is 4.67. The van der Waals surface area contributed by atoms with E-state index in [1.54, 1.807) is 12.1 Å². The van der Waals surface area contributed by atoms with Gasteiger partial charge < -0.3 is 0 Å². The number of rotatable bonds is 1. The van der Waals surface area contributed by atoms with Gasteiger partial charge in [-0.3, -0.25) is 0 Å². The molecule has 0 aliphatic rings. The highest BCUT2D eigenvalue weighted by Gasteiger charge is 2.05. The van der Waals surface area contributed by atoms with E-state index in [-0.39, 0.29) is 0 Å². The van der Waals surface area contributed by atoms with E-state index >= 15 is 0 Å². The van der Waals surface area contributed by atoms with Gasteiger partial charge in [-0.25, -0.2) is 0 Å². The molecule has 0 aliphatic heterocycles. The van der Waals surface area contributed by atoms with Crippen LogP contribution >= 0.6 is 34.8 Å². The molecule has 0 radical (unpaired) electrons. The van der Waals surface area contributed by atoms with Crippen LogP contribution in [0, 0.1) is 6.92 Å². The van der Waals surface area contributed by atoms with Gasteiger partial charge in [-0.15, -0.1) is 0 Å². The van der Waals surface area contributed by atoms with Crippen molar-refractivity contribution in [3.05, 3.63) is 57.0 Å². The molecular weight excluding hydrogens is 263 g/mol. The highest BCUT2D eigenvalue weighted by molar-refractivity contribution is 6.35. The summed E-state index contributed by atoms with van der Waals surface area (Å²) in [6.07, 6.45) is 0. The van der Waals surface area contributed by atoms with Gasteiger partial charge in [-0.05, 0) is 48.4 Å². The highest BCUT2D eigenvalue weighted by atomic mass is 35.5. The number of halogens is 3. The first-order chi connectivity index (χ1) is 7.58. The van der Waals surface area contributed by atoms with E-state index in [1.165, 1.54) is 0 Å². The molecule has 0 saturated carbocycles. The predicted molar refractivity (Wildman–Crippen MR) is 71.6 cm³/mol. The SMILES string of the molecule is Cc1cc(-c2cc(Cl)ccc2Cl)ccc1Cl. The lowest BCUT2D eigenvalue weighted by Crippen LogP contribution is -1.82. The Labute approximate surface area is 110 Å². The summed E-state index contributed by atoms with van der Waals surface area (Å²) in [6, 6.07) is 11.2. The van der Waals surface area contributed by atoms with E-state index in [1.807, 2.05) is 31.2 Å². The summed E-state index contributed by atoms with van der Waals surface area (Å²) in [7, 11) is 0. The Balaban J connectivity index is 2.58. The second-order valence-corrected chi connectivity index (χ2v) is 4.84. The Morgan fingerprint density at radius 3 is 2.19 bits per heavy atom. The number of hydrogen-bond donors (Lipinski definition) is 0. The molecule has 82 valence electrons. The maximum absolute atomic E-state index is 6.13. The standard InChI is InChI=1S/C13H9Cl3/c1-8-6-9(2-4-12(8)15)11-7-10(14)3-5-13(11)16/h2-7H,1H3. The summed E-state index contributed by atoms with van der Waals surface area (Å²) in [6.45, 7) is 1.96. The first-order valence-corrected chi connectivity index (χ1v) is 5.93. The summed E-state index contributed by atoms with van der Waals surface area (Å²) >= 11 is 18.1. The van der Waals surface area contributed by atoms with Crippen LogP contribution in [-0.4, -0.2) is 0 Å². The van der Waals surface area contributed by atoms with Crippen LogP contribution in [0.1, 0.15) is 5.56 Å². The van der Waals surface area contributed by atoms with Crippen molar-refractivity contribution in [2.45, 2.75) is 6.92 Å². The number of aryl methyl sites for hydroxylation is 1. The summed E-state index contributed by atoms with van der Waals surface area (Å²) in [5.41, 5.74) is 2.97. The van der Waals surface area contributed by atoms with Crippen LogP contribution in [0.3, 0.4) is 0 Å². The first-order valence-electron chi connectivity index (χ1n) is 4.79. The van der Waals surface area contributed by atoms with Crippen LogP contribution < -0.4 is 0 Å². The molecule has 0 aliphatic carbocycles. The van der Waals surface area contributed by atoms with E-state index in [0.29, 0.717) is 10.0 Å². The zero-order valence-corrected chi connectivity index (χ0v) is 10.9. The number of hydrogen-bond acceptors (Lipinski definition) is 0. The lowest BCUT2D eigenvalue weighted by atomic mass is 10.0. The van der Waals surface area contributed by atoms with Crippen LogP contribution in [0.2, 0.25) is 15.1 Å². The summed E-state index contributed by atoms with van der Waals surface area (Å²) in [4.78, 5) is 0. The Hall–Kier alpha value is -0.690. The molecule has 0 nitrogen and oxygen atoms in total. The molecular formula is C13H9Cl3. The molecule has 16 heavy (non-hydrogen) atoms. The van der Waals surface area contributed by atoms with Crippen LogP contribution in [0.15, 0.2) is 36.4 Å². The van der Waals surface area contributed by atoms with Crippen molar-refractivity contribution >= 4 is 34.8 Å². The van der Waals surface area contributed by atoms with Gasteiger partial charge in [0.25, 0.3) is 0 Å². The zero-order valence-electron chi connectivity index (χ0n) is 8.60. The topological polar surface area (TPSA) is 0 Å². The van der Waals surface area contributed by atoms with Crippen LogP contribution in [0.5, 0.6) is 0 Å². The average Bonchev–Trinajstić information content (AvgIpc) is 2.26. The molecule has 0 bridgehead atoms. The van der Waals surface area contributed by atoms with Gasteiger partial charge in [0.1, 0.15) is 0 Å². The first kappa shape index (κ1) is 11.8. The predicted octanol–water partition coefficient (Wildman–Crippen LogP) is 5.62. The molecule has 0 aromatic heterocycles. The van der Waals surface area contributed by atoms with Crippen molar-refractivity contribution in [2.75, 3.05) is 0 Å². The molecule has 2 rings (SSSR count). The van der Waals surface area contributed by atoms with Crippen molar-refractivity contribution < 1.29 is 0 Å². The van der Waals surface area contributed by atoms with E-state index in [2.05, 4.69) is 0 Å². The molecule has 2 aromatic rings. The minimum atomic E-state index is 0.673. The van der Waals surface area contributed by atoms with E-state index in [4.69, 9.17) is 34.8 Å². The summed E-state index contributed by atoms with van der Waals surface area (Å²) in [5, 5.41) is 2.11. The number of benzene rings is 2. The van der Waals surface area contributed by atoms with Gasteiger partial charge in [-0.2, -0.15) is 0 Å². The molecule has 0 spiro atoms. The fourth-order valence-corrected chi connectivity index (χ4v) is 2.05. The van der Waals surface area contributed by atoms with Gasteiger partial charge in [0, 0.05) is 20.6 Å². The molecule has 0 unspecified atom stereocenters. The average molecular weight is 272 g/mol. The Kier molecular flexibility index (Phi) is 3.44. The zero-order chi connectivity index (χ0) is 11.7. The minimum Gasteiger partial charge on any atom is -0.0843 e. The van der Waals surface area contributed by atoms with Crippen LogP contribution in [-0.2, 0) is 0 Å². The van der Waals surface area contributed by atoms with Gasteiger partial charge in [-0.1, -0.05) is 40.9 Å². The monoisotopic (exact) mass is 270 g/mol.